The Bertz CT molecular complexity index is 589. The van der Waals surface area contributed by atoms with Gasteiger partial charge in [-0.3, -0.25) is 14.5 Å². The number of benzene rings is 1. The van der Waals surface area contributed by atoms with Crippen molar-refractivity contribution < 1.29 is 19.1 Å². The molecular formula is C18H25N3O4. The minimum atomic E-state index is -0.699. The molecule has 0 spiro atoms. The maximum Gasteiger partial charge on any atom is 0.251 e. The molecule has 3 rings (SSSR count). The van der Waals surface area contributed by atoms with Crippen LogP contribution in [0.15, 0.2) is 30.3 Å². The van der Waals surface area contributed by atoms with E-state index in [4.69, 9.17) is 9.47 Å². The van der Waals surface area contributed by atoms with E-state index in [1.807, 2.05) is 30.3 Å². The van der Waals surface area contributed by atoms with Crippen molar-refractivity contribution in [1.29, 1.82) is 0 Å². The standard InChI is InChI=1S/C18H25N3O4/c1-20-15(22)13-25-17(16(20)14-5-3-2-4-6-14)18(23)19-7-8-21-9-11-24-12-10-21/h2-6,16-17H,7-13H2,1H3,(H,19,23)/t16-,17+/m1/s1. The molecule has 0 unspecified atom stereocenters. The number of likely N-dealkylation sites (N-methyl/N-ethyl adjacent to an activating group) is 1. The Balaban J connectivity index is 1.61. The van der Waals surface area contributed by atoms with Crippen molar-refractivity contribution in [1.82, 2.24) is 15.1 Å². The molecule has 136 valence electrons. The minimum Gasteiger partial charge on any atom is -0.379 e. The van der Waals surface area contributed by atoms with Gasteiger partial charge in [-0.15, -0.1) is 0 Å². The Morgan fingerprint density at radius 2 is 1.96 bits per heavy atom. The molecule has 0 radical (unpaired) electrons. The van der Waals surface area contributed by atoms with Crippen LogP contribution in [-0.4, -0.2) is 80.8 Å². The molecule has 0 bridgehead atoms. The van der Waals surface area contributed by atoms with E-state index in [0.717, 1.165) is 38.4 Å². The Morgan fingerprint density at radius 1 is 1.24 bits per heavy atom. The second kappa shape index (κ2) is 8.42. The zero-order valence-electron chi connectivity index (χ0n) is 14.5. The summed E-state index contributed by atoms with van der Waals surface area (Å²) in [6, 6.07) is 9.12. The zero-order valence-corrected chi connectivity index (χ0v) is 14.5. The van der Waals surface area contributed by atoms with E-state index in [0.29, 0.717) is 6.54 Å². The molecule has 2 heterocycles. The van der Waals surface area contributed by atoms with Crippen LogP contribution in [0.2, 0.25) is 0 Å². The Kier molecular flexibility index (Phi) is 6.01. The third-order valence-corrected chi connectivity index (χ3v) is 4.71. The van der Waals surface area contributed by atoms with E-state index >= 15 is 0 Å². The van der Waals surface area contributed by atoms with Gasteiger partial charge in [-0.25, -0.2) is 0 Å². The second-order valence-electron chi connectivity index (χ2n) is 6.34. The topological polar surface area (TPSA) is 71.1 Å². The maximum absolute atomic E-state index is 12.7. The molecule has 0 aromatic heterocycles. The largest absolute Gasteiger partial charge is 0.379 e. The first-order chi connectivity index (χ1) is 12.2. The average molecular weight is 347 g/mol. The highest BCUT2D eigenvalue weighted by molar-refractivity contribution is 5.86. The Morgan fingerprint density at radius 3 is 2.68 bits per heavy atom. The van der Waals surface area contributed by atoms with E-state index < -0.39 is 12.1 Å². The number of hydrogen-bond donors (Lipinski definition) is 1. The van der Waals surface area contributed by atoms with Crippen LogP contribution >= 0.6 is 0 Å². The molecule has 2 atom stereocenters. The normalized spacial score (nSPS) is 25.0. The molecule has 2 aliphatic rings. The van der Waals surface area contributed by atoms with Gasteiger partial charge >= 0.3 is 0 Å². The molecule has 7 nitrogen and oxygen atoms in total. The number of rotatable bonds is 5. The van der Waals surface area contributed by atoms with Crippen LogP contribution in [-0.2, 0) is 19.1 Å². The van der Waals surface area contributed by atoms with E-state index in [1.165, 1.54) is 0 Å². The summed E-state index contributed by atoms with van der Waals surface area (Å²) >= 11 is 0. The molecule has 7 heteroatoms. The summed E-state index contributed by atoms with van der Waals surface area (Å²) in [5.74, 6) is -0.298. The minimum absolute atomic E-state index is 0.0681. The van der Waals surface area contributed by atoms with Gasteiger partial charge in [0.25, 0.3) is 5.91 Å². The fraction of sp³-hybridized carbons (Fsp3) is 0.556. The van der Waals surface area contributed by atoms with Gasteiger partial charge in [0.15, 0.2) is 6.10 Å². The van der Waals surface area contributed by atoms with Crippen molar-refractivity contribution >= 4 is 11.8 Å². The van der Waals surface area contributed by atoms with Crippen molar-refractivity contribution in [3.8, 4) is 0 Å². The molecule has 2 aliphatic heterocycles. The summed E-state index contributed by atoms with van der Waals surface area (Å²) in [5.41, 5.74) is 0.895. The summed E-state index contributed by atoms with van der Waals surface area (Å²) in [5, 5.41) is 2.95. The number of nitrogens with one attached hydrogen (secondary N) is 1. The first-order valence-corrected chi connectivity index (χ1v) is 8.67. The van der Waals surface area contributed by atoms with Gasteiger partial charge in [0.2, 0.25) is 5.91 Å². The van der Waals surface area contributed by atoms with Crippen molar-refractivity contribution in [3.63, 3.8) is 0 Å². The van der Waals surface area contributed by atoms with Crippen molar-refractivity contribution in [2.75, 3.05) is 53.0 Å². The number of carbonyl (C=O) groups excluding carboxylic acids is 2. The fourth-order valence-electron chi connectivity index (χ4n) is 3.24. The summed E-state index contributed by atoms with van der Waals surface area (Å²) in [6.07, 6.45) is -0.699. The summed E-state index contributed by atoms with van der Waals surface area (Å²) in [6.45, 7) is 4.52. The number of carbonyl (C=O) groups is 2. The molecule has 1 aromatic carbocycles. The van der Waals surface area contributed by atoms with Crippen LogP contribution in [0.1, 0.15) is 11.6 Å². The van der Waals surface area contributed by atoms with Crippen LogP contribution in [0, 0.1) is 0 Å². The lowest BCUT2D eigenvalue weighted by molar-refractivity contribution is -0.162. The van der Waals surface area contributed by atoms with E-state index in [1.54, 1.807) is 11.9 Å². The van der Waals surface area contributed by atoms with E-state index in [2.05, 4.69) is 10.2 Å². The van der Waals surface area contributed by atoms with E-state index in [-0.39, 0.29) is 18.4 Å². The first-order valence-electron chi connectivity index (χ1n) is 8.67. The number of hydrogen-bond acceptors (Lipinski definition) is 5. The number of nitrogens with zero attached hydrogens (tertiary/aromatic N) is 2. The molecule has 1 N–H and O–H groups in total. The van der Waals surface area contributed by atoms with Crippen LogP contribution in [0.3, 0.4) is 0 Å². The average Bonchev–Trinajstić information content (AvgIpc) is 2.65. The maximum atomic E-state index is 12.7. The lowest BCUT2D eigenvalue weighted by Gasteiger charge is -2.38. The molecule has 0 aliphatic carbocycles. The molecule has 2 amide bonds. The monoisotopic (exact) mass is 347 g/mol. The van der Waals surface area contributed by atoms with Crippen LogP contribution < -0.4 is 5.32 Å². The van der Waals surface area contributed by atoms with Gasteiger partial charge in [-0.2, -0.15) is 0 Å². The number of morpholine rings is 2. The van der Waals surface area contributed by atoms with Crippen molar-refractivity contribution in [2.45, 2.75) is 12.1 Å². The van der Waals surface area contributed by atoms with Gasteiger partial charge in [-0.05, 0) is 5.56 Å². The van der Waals surface area contributed by atoms with Crippen LogP contribution in [0.25, 0.3) is 0 Å². The van der Waals surface area contributed by atoms with Crippen LogP contribution in [0.4, 0.5) is 0 Å². The molecule has 2 fully saturated rings. The van der Waals surface area contributed by atoms with Gasteiger partial charge in [0.1, 0.15) is 6.61 Å². The fourth-order valence-corrected chi connectivity index (χ4v) is 3.24. The SMILES string of the molecule is CN1C(=O)CO[C@H](C(=O)NCCN2CCOCC2)[C@H]1c1ccccc1. The summed E-state index contributed by atoms with van der Waals surface area (Å²) in [4.78, 5) is 28.5. The van der Waals surface area contributed by atoms with Gasteiger partial charge < -0.3 is 19.7 Å². The summed E-state index contributed by atoms with van der Waals surface area (Å²) in [7, 11) is 1.72. The third kappa shape index (κ3) is 4.36. The van der Waals surface area contributed by atoms with E-state index in [9.17, 15) is 9.59 Å². The highest BCUT2D eigenvalue weighted by atomic mass is 16.5. The Labute approximate surface area is 147 Å². The smallest absolute Gasteiger partial charge is 0.251 e. The van der Waals surface area contributed by atoms with Gasteiger partial charge in [0, 0.05) is 33.2 Å². The first kappa shape index (κ1) is 17.8. The zero-order chi connectivity index (χ0) is 17.6. The molecule has 25 heavy (non-hydrogen) atoms. The highest BCUT2D eigenvalue weighted by Crippen LogP contribution is 2.28. The lowest BCUT2D eigenvalue weighted by Crippen LogP contribution is -2.53. The van der Waals surface area contributed by atoms with Gasteiger partial charge in [0.05, 0.1) is 19.3 Å². The van der Waals surface area contributed by atoms with Crippen LogP contribution in [0.5, 0.6) is 0 Å². The Hall–Kier alpha value is -1.96. The lowest BCUT2D eigenvalue weighted by atomic mass is 9.97. The highest BCUT2D eigenvalue weighted by Gasteiger charge is 2.39. The number of amides is 2. The molecule has 2 saturated heterocycles. The molecular weight excluding hydrogens is 322 g/mol. The quantitative estimate of drug-likeness (QED) is 0.814. The molecule has 0 saturated carbocycles. The van der Waals surface area contributed by atoms with Crippen molar-refractivity contribution in [2.24, 2.45) is 0 Å². The predicted octanol–water partition coefficient (Wildman–Crippen LogP) is 0.0333. The summed E-state index contributed by atoms with van der Waals surface area (Å²) < 4.78 is 10.9. The van der Waals surface area contributed by atoms with Crippen molar-refractivity contribution in [3.05, 3.63) is 35.9 Å². The molecule has 1 aromatic rings. The predicted molar refractivity (Wildman–Crippen MR) is 92.0 cm³/mol. The second-order valence-corrected chi connectivity index (χ2v) is 6.34. The van der Waals surface area contributed by atoms with Gasteiger partial charge in [-0.1, -0.05) is 30.3 Å². The third-order valence-electron chi connectivity index (χ3n) is 4.71. The number of ether oxygens (including phenoxy) is 2.